The molecule has 0 aliphatic carbocycles. The zero-order chi connectivity index (χ0) is 13.1. The highest BCUT2D eigenvalue weighted by molar-refractivity contribution is 6.31. The summed E-state index contributed by atoms with van der Waals surface area (Å²) in [5.41, 5.74) is 1.19. The molecular weight excluding hydrogens is 255 g/mol. The van der Waals surface area contributed by atoms with Crippen LogP contribution in [0.3, 0.4) is 0 Å². The molecular formula is C14H10ClFO2. The highest BCUT2D eigenvalue weighted by Crippen LogP contribution is 2.22. The summed E-state index contributed by atoms with van der Waals surface area (Å²) in [6.07, 6.45) is 0. The van der Waals surface area contributed by atoms with Crippen molar-refractivity contribution in [2.75, 3.05) is 0 Å². The summed E-state index contributed by atoms with van der Waals surface area (Å²) >= 11 is 5.92. The Morgan fingerprint density at radius 3 is 2.44 bits per heavy atom. The van der Waals surface area contributed by atoms with E-state index >= 15 is 0 Å². The largest absolute Gasteiger partial charge is 0.423 e. The first-order valence-electron chi connectivity index (χ1n) is 5.30. The molecule has 0 spiro atoms. The summed E-state index contributed by atoms with van der Waals surface area (Å²) < 4.78 is 17.8. The molecule has 0 atom stereocenters. The van der Waals surface area contributed by atoms with E-state index in [0.717, 1.165) is 5.56 Å². The Balaban J connectivity index is 2.16. The molecule has 0 N–H and O–H groups in total. The van der Waals surface area contributed by atoms with Gasteiger partial charge in [-0.15, -0.1) is 0 Å². The van der Waals surface area contributed by atoms with Gasteiger partial charge in [0, 0.05) is 5.02 Å². The van der Waals surface area contributed by atoms with Crippen LogP contribution in [-0.2, 0) is 0 Å². The highest BCUT2D eigenvalue weighted by atomic mass is 35.5. The Morgan fingerprint density at radius 2 is 1.83 bits per heavy atom. The maximum absolute atomic E-state index is 12.7. The summed E-state index contributed by atoms with van der Waals surface area (Å²) in [5.74, 6) is -0.584. The van der Waals surface area contributed by atoms with E-state index < -0.39 is 11.8 Å². The second kappa shape index (κ2) is 5.19. The van der Waals surface area contributed by atoms with Crippen molar-refractivity contribution in [3.05, 3.63) is 64.4 Å². The van der Waals surface area contributed by atoms with Crippen LogP contribution >= 0.6 is 11.6 Å². The lowest BCUT2D eigenvalue weighted by Crippen LogP contribution is -2.08. The molecule has 2 aromatic carbocycles. The molecule has 0 aromatic heterocycles. The van der Waals surface area contributed by atoms with E-state index in [9.17, 15) is 9.18 Å². The lowest BCUT2D eigenvalue weighted by atomic mass is 10.2. The second-order valence-corrected chi connectivity index (χ2v) is 4.21. The molecule has 0 aliphatic heterocycles. The molecule has 0 amide bonds. The first kappa shape index (κ1) is 12.6. The predicted molar refractivity (Wildman–Crippen MR) is 67.5 cm³/mol. The van der Waals surface area contributed by atoms with Crippen molar-refractivity contribution in [3.8, 4) is 5.75 Å². The predicted octanol–water partition coefficient (Wildman–Crippen LogP) is 4.01. The van der Waals surface area contributed by atoms with E-state index in [0.29, 0.717) is 10.8 Å². The Kier molecular flexibility index (Phi) is 3.63. The first-order chi connectivity index (χ1) is 8.56. The van der Waals surface area contributed by atoms with Gasteiger partial charge >= 0.3 is 5.97 Å². The summed E-state index contributed by atoms with van der Waals surface area (Å²) in [7, 11) is 0. The van der Waals surface area contributed by atoms with Crippen LogP contribution in [0.5, 0.6) is 5.75 Å². The molecule has 0 radical (unpaired) electrons. The molecule has 0 unspecified atom stereocenters. The number of esters is 1. The zero-order valence-electron chi connectivity index (χ0n) is 9.61. The Bertz CT molecular complexity index is 579. The monoisotopic (exact) mass is 264 g/mol. The minimum absolute atomic E-state index is 0.285. The molecule has 4 heteroatoms. The molecule has 18 heavy (non-hydrogen) atoms. The fourth-order valence-electron chi connectivity index (χ4n) is 1.39. The van der Waals surface area contributed by atoms with E-state index in [1.807, 2.05) is 6.92 Å². The van der Waals surface area contributed by atoms with Gasteiger partial charge in [-0.25, -0.2) is 9.18 Å². The number of carbonyl (C=O) groups excluding carboxylic acids is 1. The van der Waals surface area contributed by atoms with Gasteiger partial charge in [-0.3, -0.25) is 0 Å². The van der Waals surface area contributed by atoms with Crippen molar-refractivity contribution in [1.29, 1.82) is 0 Å². The van der Waals surface area contributed by atoms with Gasteiger partial charge in [0.15, 0.2) is 0 Å². The lowest BCUT2D eigenvalue weighted by Gasteiger charge is -2.05. The molecule has 0 aliphatic rings. The Morgan fingerprint density at radius 1 is 1.17 bits per heavy atom. The molecule has 0 saturated carbocycles. The van der Waals surface area contributed by atoms with Crippen LogP contribution in [0, 0.1) is 12.7 Å². The smallest absolute Gasteiger partial charge is 0.343 e. The van der Waals surface area contributed by atoms with Crippen molar-refractivity contribution in [1.82, 2.24) is 0 Å². The topological polar surface area (TPSA) is 26.3 Å². The van der Waals surface area contributed by atoms with Crippen LogP contribution < -0.4 is 4.74 Å². The minimum Gasteiger partial charge on any atom is -0.423 e. The number of aryl methyl sites for hydroxylation is 1. The van der Waals surface area contributed by atoms with Crippen molar-refractivity contribution in [2.45, 2.75) is 6.92 Å². The molecule has 92 valence electrons. The average molecular weight is 265 g/mol. The standard InChI is InChI=1S/C14H10ClFO2/c1-9-2-7-12(8-13(9)15)18-14(17)10-3-5-11(16)6-4-10/h2-8H,1H3. The summed E-state index contributed by atoms with van der Waals surface area (Å²) in [5, 5.41) is 0.527. The van der Waals surface area contributed by atoms with E-state index in [1.54, 1.807) is 18.2 Å². The number of halogens is 2. The zero-order valence-corrected chi connectivity index (χ0v) is 10.4. The van der Waals surface area contributed by atoms with Crippen LogP contribution in [-0.4, -0.2) is 5.97 Å². The van der Waals surface area contributed by atoms with Gasteiger partial charge in [0.05, 0.1) is 5.56 Å². The minimum atomic E-state index is -0.546. The molecule has 0 bridgehead atoms. The Hall–Kier alpha value is -1.87. The van der Waals surface area contributed by atoms with Crippen LogP contribution in [0.25, 0.3) is 0 Å². The fraction of sp³-hybridized carbons (Fsp3) is 0.0714. The molecule has 2 rings (SSSR count). The van der Waals surface area contributed by atoms with Gasteiger partial charge in [0.1, 0.15) is 11.6 Å². The highest BCUT2D eigenvalue weighted by Gasteiger charge is 2.09. The molecule has 2 nitrogen and oxygen atoms in total. The fourth-order valence-corrected chi connectivity index (χ4v) is 1.56. The number of benzene rings is 2. The van der Waals surface area contributed by atoms with Crippen molar-refractivity contribution in [2.24, 2.45) is 0 Å². The van der Waals surface area contributed by atoms with E-state index in [2.05, 4.69) is 0 Å². The van der Waals surface area contributed by atoms with Crippen molar-refractivity contribution >= 4 is 17.6 Å². The van der Waals surface area contributed by atoms with E-state index in [4.69, 9.17) is 16.3 Å². The van der Waals surface area contributed by atoms with Gasteiger partial charge in [0.25, 0.3) is 0 Å². The van der Waals surface area contributed by atoms with Gasteiger partial charge in [0.2, 0.25) is 0 Å². The first-order valence-corrected chi connectivity index (χ1v) is 5.68. The Labute approximate surface area is 109 Å². The average Bonchev–Trinajstić information content (AvgIpc) is 2.34. The van der Waals surface area contributed by atoms with Gasteiger partial charge < -0.3 is 4.74 Å². The number of ether oxygens (including phenoxy) is 1. The van der Waals surface area contributed by atoms with Crippen molar-refractivity contribution in [3.63, 3.8) is 0 Å². The van der Waals surface area contributed by atoms with Crippen LogP contribution in [0.1, 0.15) is 15.9 Å². The van der Waals surface area contributed by atoms with E-state index in [-0.39, 0.29) is 5.56 Å². The summed E-state index contributed by atoms with van der Waals surface area (Å²) in [6, 6.07) is 10.1. The van der Waals surface area contributed by atoms with Crippen molar-refractivity contribution < 1.29 is 13.9 Å². The molecule has 0 saturated heterocycles. The summed E-state index contributed by atoms with van der Waals surface area (Å²) in [6.45, 7) is 1.86. The molecule has 0 heterocycles. The maximum Gasteiger partial charge on any atom is 0.343 e. The maximum atomic E-state index is 12.7. The third kappa shape index (κ3) is 2.87. The van der Waals surface area contributed by atoms with Crippen LogP contribution in [0.15, 0.2) is 42.5 Å². The van der Waals surface area contributed by atoms with Gasteiger partial charge in [-0.1, -0.05) is 17.7 Å². The number of hydrogen-bond donors (Lipinski definition) is 0. The van der Waals surface area contributed by atoms with Crippen LogP contribution in [0.4, 0.5) is 4.39 Å². The SMILES string of the molecule is Cc1ccc(OC(=O)c2ccc(F)cc2)cc1Cl. The third-order valence-corrected chi connectivity index (χ3v) is 2.84. The lowest BCUT2D eigenvalue weighted by molar-refractivity contribution is 0.0734. The normalized spacial score (nSPS) is 10.2. The molecule has 0 fully saturated rings. The third-order valence-electron chi connectivity index (χ3n) is 2.43. The van der Waals surface area contributed by atoms with E-state index in [1.165, 1.54) is 24.3 Å². The van der Waals surface area contributed by atoms with Crippen LogP contribution in [0.2, 0.25) is 5.02 Å². The number of hydrogen-bond acceptors (Lipinski definition) is 2. The second-order valence-electron chi connectivity index (χ2n) is 3.81. The quantitative estimate of drug-likeness (QED) is 0.605. The summed E-state index contributed by atoms with van der Waals surface area (Å²) in [4.78, 5) is 11.7. The molecule has 2 aromatic rings. The van der Waals surface area contributed by atoms with Gasteiger partial charge in [-0.2, -0.15) is 0 Å². The number of carbonyl (C=O) groups is 1. The van der Waals surface area contributed by atoms with Gasteiger partial charge in [-0.05, 0) is 48.9 Å². The number of rotatable bonds is 2.